The number of rotatable bonds is 12. The van der Waals surface area contributed by atoms with Crippen LogP contribution in [-0.4, -0.2) is 136 Å². The number of cyclic esters (lactones) is 1. The van der Waals surface area contributed by atoms with Crippen LogP contribution in [0.4, 0.5) is 5.69 Å². The Morgan fingerprint density at radius 2 is 1.61 bits per heavy atom. The number of Topliss-reactive ketones (excluding diaryl/α,β-unsaturated/α-hetero) is 1. The van der Waals surface area contributed by atoms with E-state index in [9.17, 15) is 9.90 Å². The van der Waals surface area contributed by atoms with Crippen LogP contribution in [0.15, 0.2) is 42.0 Å². The van der Waals surface area contributed by atoms with Crippen LogP contribution < -0.4 is 5.32 Å². The number of esters is 1. The van der Waals surface area contributed by atoms with Crippen molar-refractivity contribution in [2.24, 2.45) is 35.5 Å². The predicted molar refractivity (Wildman–Crippen MR) is 230 cm³/mol. The first-order valence-corrected chi connectivity index (χ1v) is 23.3. The Labute approximate surface area is 363 Å². The summed E-state index contributed by atoms with van der Waals surface area (Å²) in [7, 11) is 7.45. The van der Waals surface area contributed by atoms with Crippen molar-refractivity contribution in [2.45, 2.75) is 172 Å². The molecule has 2 N–H and O–H groups in total. The molecule has 3 aliphatic carbocycles. The third-order valence-corrected chi connectivity index (χ3v) is 15.1. The Bertz CT molecular complexity index is 1630. The van der Waals surface area contributed by atoms with Crippen molar-refractivity contribution in [3.05, 3.63) is 42.0 Å². The van der Waals surface area contributed by atoms with Gasteiger partial charge in [0.15, 0.2) is 18.4 Å². The summed E-state index contributed by atoms with van der Waals surface area (Å²) in [6.07, 6.45) is 3.67. The number of carbonyl (C=O) groups excluding carboxylic acids is 2. The van der Waals surface area contributed by atoms with Gasteiger partial charge in [-0.15, -0.1) is 0 Å². The molecule has 0 aromatic heterocycles. The Morgan fingerprint density at radius 3 is 2.28 bits per heavy atom. The highest BCUT2D eigenvalue weighted by Crippen LogP contribution is 2.57. The predicted octanol–water partition coefficient (Wildman–Crippen LogP) is 6.16. The topological polar surface area (TPSA) is 143 Å². The summed E-state index contributed by atoms with van der Waals surface area (Å²) in [6.45, 7) is 10.5. The molecular formula is C48H74N2O11. The van der Waals surface area contributed by atoms with Crippen LogP contribution in [0.1, 0.15) is 92.4 Å². The number of benzene rings is 1. The van der Waals surface area contributed by atoms with E-state index in [1.165, 1.54) is 0 Å². The molecule has 3 unspecified atom stereocenters. The zero-order valence-corrected chi connectivity index (χ0v) is 38.0. The van der Waals surface area contributed by atoms with Gasteiger partial charge in [-0.05, 0) is 128 Å². The number of aliphatic hydroxyl groups is 1. The number of ketones is 1. The number of likely N-dealkylation sites (N-methyl/N-ethyl adjacent to an activating group) is 1. The summed E-state index contributed by atoms with van der Waals surface area (Å²) in [5.41, 5.74) is 1.52. The second-order valence-electron chi connectivity index (χ2n) is 18.9. The van der Waals surface area contributed by atoms with E-state index in [1.807, 2.05) is 51.1 Å². The molecule has 13 nitrogen and oxygen atoms in total. The van der Waals surface area contributed by atoms with Gasteiger partial charge in [-0.25, -0.2) is 0 Å². The number of methoxy groups -OCH3 is 2. The molecule has 1 aromatic rings. The van der Waals surface area contributed by atoms with E-state index >= 15 is 4.79 Å². The number of aliphatic hydroxyl groups excluding tert-OH is 1. The molecule has 0 amide bonds. The molecule has 3 aliphatic heterocycles. The summed E-state index contributed by atoms with van der Waals surface area (Å²) >= 11 is 0. The van der Waals surface area contributed by atoms with Gasteiger partial charge in [0.25, 0.3) is 0 Å². The fourth-order valence-corrected chi connectivity index (χ4v) is 12.0. The van der Waals surface area contributed by atoms with E-state index in [4.69, 9.17) is 37.9 Å². The van der Waals surface area contributed by atoms with Crippen molar-refractivity contribution >= 4 is 17.4 Å². The lowest BCUT2D eigenvalue weighted by Gasteiger charge is -2.47. The molecule has 0 radical (unpaired) electrons. The zero-order valence-electron chi connectivity index (χ0n) is 38.0. The monoisotopic (exact) mass is 855 g/mol. The number of carbonyl (C=O) groups is 2. The number of hydrogen-bond donors (Lipinski definition) is 2. The summed E-state index contributed by atoms with van der Waals surface area (Å²) in [5.74, 6) is -1.76. The Hall–Kier alpha value is -2.46. The van der Waals surface area contributed by atoms with Gasteiger partial charge < -0.3 is 53.2 Å². The SMILES string of the molecule is CCOC1[C@@H](OC)C(C)O[C@@H](O[C@@H]2C[C@H]3[C@@H](O)[C@H](Nc4ccccc4)[C@@H]4[C@@H](C=C5C(=O)[C@H](C)[C@@H](O[C@H]6CC[C@H](N(C)C)C(C)O6)CCC[C@H](CC)OC(=O)C[C@H]54)[C@@H]3C2)[C@H]1OC. The lowest BCUT2D eigenvalue weighted by molar-refractivity contribution is -0.317. The van der Waals surface area contributed by atoms with Crippen LogP contribution in [0.25, 0.3) is 0 Å². The number of anilines is 1. The van der Waals surface area contributed by atoms with E-state index in [-0.39, 0.29) is 84.6 Å². The van der Waals surface area contributed by atoms with Crippen LogP contribution in [-0.2, 0) is 47.5 Å². The molecule has 5 fully saturated rings. The molecule has 13 heteroatoms. The average molecular weight is 855 g/mol. The highest BCUT2D eigenvalue weighted by atomic mass is 16.7. The fraction of sp³-hybridized carbons (Fsp3) is 0.792. The van der Waals surface area contributed by atoms with Crippen LogP contribution >= 0.6 is 0 Å². The Kier molecular flexibility index (Phi) is 15.7. The van der Waals surface area contributed by atoms with Crippen molar-refractivity contribution < 1.29 is 52.6 Å². The van der Waals surface area contributed by atoms with Gasteiger partial charge in [-0.3, -0.25) is 9.59 Å². The van der Waals surface area contributed by atoms with Crippen molar-refractivity contribution in [3.8, 4) is 0 Å². The number of nitrogens with zero attached hydrogens (tertiary/aromatic N) is 1. The summed E-state index contributed by atoms with van der Waals surface area (Å²) < 4.78 is 50.7. The maximum absolute atomic E-state index is 15.2. The molecule has 3 heterocycles. The van der Waals surface area contributed by atoms with Gasteiger partial charge in [-0.1, -0.05) is 38.1 Å². The first kappa shape index (κ1) is 46.5. The van der Waals surface area contributed by atoms with Crippen LogP contribution in [0.3, 0.4) is 0 Å². The molecule has 7 rings (SSSR count). The molecule has 0 spiro atoms. The van der Waals surface area contributed by atoms with Crippen molar-refractivity contribution in [1.29, 1.82) is 0 Å². The molecule has 61 heavy (non-hydrogen) atoms. The van der Waals surface area contributed by atoms with Crippen LogP contribution in [0.5, 0.6) is 0 Å². The first-order valence-electron chi connectivity index (χ1n) is 23.3. The normalized spacial score (nSPS) is 43.3. The van der Waals surface area contributed by atoms with E-state index in [2.05, 4.69) is 44.2 Å². The summed E-state index contributed by atoms with van der Waals surface area (Å²) in [6, 6.07) is 9.75. The number of allylic oxidation sites excluding steroid dienone is 2. The maximum atomic E-state index is 15.2. The average Bonchev–Trinajstić information content (AvgIpc) is 3.83. The van der Waals surface area contributed by atoms with Gasteiger partial charge in [0.05, 0.1) is 43.0 Å². The van der Waals surface area contributed by atoms with E-state index in [1.54, 1.807) is 14.2 Å². The number of para-hydroxylation sites is 1. The standard InChI is InChI=1S/C48H74N2O11/c1-10-30-18-15-19-38(61-40-21-20-37(50(6)7)27(4)57-40)26(3)43(52)36-24-33-32-22-31(60-48-47(55-9)46(56-11-2)45(54-8)28(5)58-48)23-35(32)44(53)42(49-29-16-13-12-14-17-29)41(33)34(36)25-39(51)59-30/h12-14,16-17,24,26-28,30-35,37-38,40-42,44-49,53H,10-11,15,18-23,25H2,1-9H3/t26-,27?,28?,30+,31+,32+,33+,34-,35-,37+,38+,40+,41-,42-,44-,45+,46?,47+,48+/m1/s1. The number of hydrogen-bond acceptors (Lipinski definition) is 13. The molecule has 342 valence electrons. The summed E-state index contributed by atoms with van der Waals surface area (Å²) in [5, 5.41) is 16.3. The molecule has 3 saturated heterocycles. The minimum Gasteiger partial charge on any atom is -0.462 e. The smallest absolute Gasteiger partial charge is 0.306 e. The van der Waals surface area contributed by atoms with Crippen LogP contribution in [0, 0.1) is 35.5 Å². The number of fused-ring (bicyclic) bond motifs is 5. The van der Waals surface area contributed by atoms with Crippen molar-refractivity contribution in [1.82, 2.24) is 4.90 Å². The van der Waals surface area contributed by atoms with Gasteiger partial charge in [-0.2, -0.15) is 0 Å². The number of nitrogens with one attached hydrogen (secondary N) is 1. The minimum absolute atomic E-state index is 0.00247. The zero-order chi connectivity index (χ0) is 43.5. The molecule has 6 aliphatic rings. The second kappa shape index (κ2) is 20.6. The van der Waals surface area contributed by atoms with Crippen LogP contribution in [0.2, 0.25) is 0 Å². The molecule has 19 atom stereocenters. The molecular weight excluding hydrogens is 781 g/mol. The first-order chi connectivity index (χ1) is 29.4. The van der Waals surface area contributed by atoms with Gasteiger partial charge in [0.2, 0.25) is 0 Å². The van der Waals surface area contributed by atoms with Gasteiger partial charge >= 0.3 is 5.97 Å². The largest absolute Gasteiger partial charge is 0.462 e. The fourth-order valence-electron chi connectivity index (χ4n) is 12.0. The van der Waals surface area contributed by atoms with Crippen molar-refractivity contribution in [3.63, 3.8) is 0 Å². The minimum atomic E-state index is -0.785. The highest BCUT2D eigenvalue weighted by molar-refractivity contribution is 5.99. The molecule has 2 saturated carbocycles. The maximum Gasteiger partial charge on any atom is 0.306 e. The lowest BCUT2D eigenvalue weighted by atomic mass is 9.62. The third-order valence-electron chi connectivity index (χ3n) is 15.1. The second-order valence-corrected chi connectivity index (χ2v) is 18.9. The van der Waals surface area contributed by atoms with Gasteiger partial charge in [0.1, 0.15) is 24.4 Å². The van der Waals surface area contributed by atoms with Crippen molar-refractivity contribution in [2.75, 3.05) is 40.2 Å². The van der Waals surface area contributed by atoms with E-state index in [0.29, 0.717) is 50.3 Å². The molecule has 1 aromatic carbocycles. The van der Waals surface area contributed by atoms with E-state index in [0.717, 1.165) is 24.9 Å². The Morgan fingerprint density at radius 1 is 0.869 bits per heavy atom. The number of ether oxygens (including phenoxy) is 8. The van der Waals surface area contributed by atoms with Gasteiger partial charge in [0, 0.05) is 44.4 Å². The summed E-state index contributed by atoms with van der Waals surface area (Å²) in [4.78, 5) is 31.4. The molecule has 0 bridgehead atoms. The lowest BCUT2D eigenvalue weighted by Crippen LogP contribution is -2.60. The Balaban J connectivity index is 1.20. The quantitative estimate of drug-likeness (QED) is 0.232. The van der Waals surface area contributed by atoms with E-state index < -0.39 is 42.7 Å². The highest BCUT2D eigenvalue weighted by Gasteiger charge is 2.60. The third kappa shape index (κ3) is 9.95.